The highest BCUT2D eigenvalue weighted by Crippen LogP contribution is 2.17. The van der Waals surface area contributed by atoms with E-state index in [1.807, 2.05) is 6.07 Å². The first-order valence-electron chi connectivity index (χ1n) is 5.79. The maximum Gasteiger partial charge on any atom is 0.274 e. The van der Waals surface area contributed by atoms with Crippen LogP contribution in [0.1, 0.15) is 16.1 Å². The summed E-state index contributed by atoms with van der Waals surface area (Å²) in [6, 6.07) is 8.66. The van der Waals surface area contributed by atoms with E-state index < -0.39 is 11.7 Å². The number of aromatic nitrogens is 1. The Morgan fingerprint density at radius 1 is 1.35 bits per heavy atom. The molecule has 1 amide bonds. The highest BCUT2D eigenvalue weighted by molar-refractivity contribution is 6.03. The third-order valence-corrected chi connectivity index (χ3v) is 2.64. The van der Waals surface area contributed by atoms with Crippen LogP contribution in [0.2, 0.25) is 0 Å². The third-order valence-electron chi connectivity index (χ3n) is 2.64. The number of hydrogen-bond donors (Lipinski definition) is 2. The second-order valence-electron chi connectivity index (χ2n) is 3.94. The number of amides is 1. The van der Waals surface area contributed by atoms with Crippen molar-refractivity contribution in [1.29, 1.82) is 5.26 Å². The lowest BCUT2D eigenvalue weighted by Gasteiger charge is -2.07. The molecule has 0 bridgehead atoms. The average Bonchev–Trinajstić information content (AvgIpc) is 2.49. The topological polar surface area (TPSA) is 77.8 Å². The quantitative estimate of drug-likeness (QED) is 0.897. The van der Waals surface area contributed by atoms with Crippen LogP contribution < -0.4 is 10.6 Å². The van der Waals surface area contributed by atoms with Crippen molar-refractivity contribution >= 4 is 17.3 Å². The van der Waals surface area contributed by atoms with E-state index in [1.165, 1.54) is 18.3 Å². The Morgan fingerprint density at radius 3 is 2.75 bits per heavy atom. The van der Waals surface area contributed by atoms with Crippen molar-refractivity contribution < 1.29 is 9.18 Å². The highest BCUT2D eigenvalue weighted by Gasteiger charge is 2.11. The summed E-state index contributed by atoms with van der Waals surface area (Å²) in [7, 11) is 1.74. The molecule has 100 valence electrons. The number of nitrogens with one attached hydrogen (secondary N) is 2. The summed E-state index contributed by atoms with van der Waals surface area (Å²) in [5, 5.41) is 14.3. The molecule has 6 heteroatoms. The van der Waals surface area contributed by atoms with E-state index in [0.29, 0.717) is 0 Å². The van der Waals surface area contributed by atoms with Gasteiger partial charge in [-0.15, -0.1) is 0 Å². The summed E-state index contributed by atoms with van der Waals surface area (Å²) in [5.74, 6) is -0.994. The van der Waals surface area contributed by atoms with Crippen LogP contribution in [0.25, 0.3) is 0 Å². The van der Waals surface area contributed by atoms with E-state index in [9.17, 15) is 9.18 Å². The van der Waals surface area contributed by atoms with Crippen molar-refractivity contribution in [3.05, 3.63) is 53.6 Å². The molecular formula is C14H11FN4O. The Balaban J connectivity index is 2.21. The fourth-order valence-corrected chi connectivity index (χ4v) is 1.58. The van der Waals surface area contributed by atoms with Gasteiger partial charge in [-0.3, -0.25) is 4.79 Å². The maximum atomic E-state index is 13.0. The van der Waals surface area contributed by atoms with E-state index in [4.69, 9.17) is 5.26 Å². The summed E-state index contributed by atoms with van der Waals surface area (Å²) in [5.41, 5.74) is 1.29. The Hall–Kier alpha value is -2.94. The molecule has 2 rings (SSSR count). The summed E-state index contributed by atoms with van der Waals surface area (Å²) in [4.78, 5) is 16.0. The first-order chi connectivity index (χ1) is 9.63. The molecule has 0 unspecified atom stereocenters. The van der Waals surface area contributed by atoms with Crippen LogP contribution >= 0.6 is 0 Å². The van der Waals surface area contributed by atoms with Crippen molar-refractivity contribution in [2.24, 2.45) is 0 Å². The molecule has 0 aliphatic heterocycles. The Morgan fingerprint density at radius 2 is 2.15 bits per heavy atom. The van der Waals surface area contributed by atoms with Gasteiger partial charge in [-0.2, -0.15) is 5.26 Å². The number of benzene rings is 1. The van der Waals surface area contributed by atoms with E-state index in [-0.39, 0.29) is 16.9 Å². The summed E-state index contributed by atoms with van der Waals surface area (Å²) >= 11 is 0. The normalized spacial score (nSPS) is 9.65. The monoisotopic (exact) mass is 270 g/mol. The Labute approximate surface area is 115 Å². The van der Waals surface area contributed by atoms with Gasteiger partial charge < -0.3 is 10.6 Å². The van der Waals surface area contributed by atoms with Crippen molar-refractivity contribution in [1.82, 2.24) is 4.98 Å². The molecule has 0 fully saturated rings. The SMILES string of the molecule is CNc1ccc(C(=O)Nc2ccc(F)cc2C#N)nc1. The number of rotatable bonds is 3. The van der Waals surface area contributed by atoms with Crippen LogP contribution in [-0.2, 0) is 0 Å². The second kappa shape index (κ2) is 5.80. The van der Waals surface area contributed by atoms with Gasteiger partial charge in [-0.05, 0) is 30.3 Å². The predicted octanol–water partition coefficient (Wildman–Crippen LogP) is 2.39. The molecule has 2 N–H and O–H groups in total. The molecule has 0 saturated heterocycles. The first-order valence-corrected chi connectivity index (χ1v) is 5.79. The molecule has 0 saturated carbocycles. The zero-order valence-corrected chi connectivity index (χ0v) is 10.6. The number of halogens is 1. The lowest BCUT2D eigenvalue weighted by Crippen LogP contribution is -2.14. The summed E-state index contributed by atoms with van der Waals surface area (Å²) in [6.07, 6.45) is 1.52. The number of carbonyl (C=O) groups excluding carboxylic acids is 1. The second-order valence-corrected chi connectivity index (χ2v) is 3.94. The maximum absolute atomic E-state index is 13.0. The summed E-state index contributed by atoms with van der Waals surface area (Å²) in [6.45, 7) is 0. The molecule has 0 spiro atoms. The van der Waals surface area contributed by atoms with Crippen LogP contribution in [0.5, 0.6) is 0 Å². The van der Waals surface area contributed by atoms with Crippen LogP contribution in [0, 0.1) is 17.1 Å². The van der Waals surface area contributed by atoms with Crippen LogP contribution in [0.4, 0.5) is 15.8 Å². The minimum atomic E-state index is -0.531. The Kier molecular flexibility index (Phi) is 3.91. The van der Waals surface area contributed by atoms with Crippen molar-refractivity contribution in [2.75, 3.05) is 17.7 Å². The lowest BCUT2D eigenvalue weighted by molar-refractivity contribution is 0.102. The average molecular weight is 270 g/mol. The number of anilines is 2. The number of hydrogen-bond acceptors (Lipinski definition) is 4. The minimum absolute atomic E-state index is 0.0604. The molecular weight excluding hydrogens is 259 g/mol. The first kappa shape index (κ1) is 13.5. The van der Waals surface area contributed by atoms with Gasteiger partial charge in [0.2, 0.25) is 0 Å². The zero-order valence-electron chi connectivity index (χ0n) is 10.6. The Bertz CT molecular complexity index is 677. The van der Waals surface area contributed by atoms with Crippen molar-refractivity contribution in [3.63, 3.8) is 0 Å². The largest absolute Gasteiger partial charge is 0.387 e. The van der Waals surface area contributed by atoms with Gasteiger partial charge in [-0.1, -0.05) is 0 Å². The molecule has 1 aromatic carbocycles. The van der Waals surface area contributed by atoms with Gasteiger partial charge in [-0.25, -0.2) is 9.37 Å². The molecule has 20 heavy (non-hydrogen) atoms. The predicted molar refractivity (Wildman–Crippen MR) is 72.9 cm³/mol. The van der Waals surface area contributed by atoms with Gasteiger partial charge >= 0.3 is 0 Å². The van der Waals surface area contributed by atoms with Gasteiger partial charge in [0.15, 0.2) is 0 Å². The molecule has 2 aromatic rings. The smallest absolute Gasteiger partial charge is 0.274 e. The fraction of sp³-hybridized carbons (Fsp3) is 0.0714. The molecule has 0 aliphatic carbocycles. The molecule has 1 aromatic heterocycles. The van der Waals surface area contributed by atoms with Crippen LogP contribution in [0.3, 0.4) is 0 Å². The van der Waals surface area contributed by atoms with Gasteiger partial charge in [0, 0.05) is 7.05 Å². The van der Waals surface area contributed by atoms with Gasteiger partial charge in [0.1, 0.15) is 17.6 Å². The zero-order chi connectivity index (χ0) is 14.5. The molecule has 1 heterocycles. The van der Waals surface area contributed by atoms with Crippen molar-refractivity contribution in [2.45, 2.75) is 0 Å². The number of nitriles is 1. The number of pyridine rings is 1. The number of carbonyl (C=O) groups is 1. The van der Waals surface area contributed by atoms with E-state index in [0.717, 1.165) is 11.8 Å². The lowest BCUT2D eigenvalue weighted by atomic mass is 10.2. The van der Waals surface area contributed by atoms with Crippen molar-refractivity contribution in [3.8, 4) is 6.07 Å². The van der Waals surface area contributed by atoms with E-state index in [1.54, 1.807) is 19.2 Å². The standard InChI is InChI=1S/C14H11FN4O/c1-17-11-3-5-13(18-8-11)14(20)19-12-4-2-10(15)6-9(12)7-16/h2-6,8,17H,1H3,(H,19,20). The highest BCUT2D eigenvalue weighted by atomic mass is 19.1. The minimum Gasteiger partial charge on any atom is -0.387 e. The summed E-state index contributed by atoms with van der Waals surface area (Å²) < 4.78 is 13.0. The van der Waals surface area contributed by atoms with Gasteiger partial charge in [0.25, 0.3) is 5.91 Å². The molecule has 5 nitrogen and oxygen atoms in total. The van der Waals surface area contributed by atoms with E-state index in [2.05, 4.69) is 15.6 Å². The molecule has 0 aliphatic rings. The van der Waals surface area contributed by atoms with E-state index >= 15 is 0 Å². The van der Waals surface area contributed by atoms with Crippen LogP contribution in [-0.4, -0.2) is 17.9 Å². The molecule has 0 atom stereocenters. The third kappa shape index (κ3) is 2.90. The van der Waals surface area contributed by atoms with Gasteiger partial charge in [0.05, 0.1) is 23.1 Å². The van der Waals surface area contributed by atoms with Crippen LogP contribution in [0.15, 0.2) is 36.5 Å². The molecule has 0 radical (unpaired) electrons. The fourth-order valence-electron chi connectivity index (χ4n) is 1.58. The number of nitrogens with zero attached hydrogens (tertiary/aromatic N) is 2.